The van der Waals surface area contributed by atoms with Crippen molar-refractivity contribution in [3.8, 4) is 0 Å². The molecule has 6 nitrogen and oxygen atoms in total. The molecular weight excluding hydrogens is 362 g/mol. The predicted molar refractivity (Wildman–Crippen MR) is 112 cm³/mol. The zero-order chi connectivity index (χ0) is 19.9. The highest BCUT2D eigenvalue weighted by Crippen LogP contribution is 2.15. The maximum absolute atomic E-state index is 12.6. The van der Waals surface area contributed by atoms with Gasteiger partial charge in [0.1, 0.15) is 6.33 Å². The fourth-order valence-electron chi connectivity index (χ4n) is 3.08. The van der Waals surface area contributed by atoms with E-state index >= 15 is 0 Å². The minimum absolute atomic E-state index is 0.341. The maximum atomic E-state index is 12.6. The Morgan fingerprint density at radius 1 is 0.759 bits per heavy atom. The monoisotopic (exact) mass is 383 g/mol. The highest BCUT2D eigenvalue weighted by molar-refractivity contribution is 5.33. The van der Waals surface area contributed by atoms with Crippen LogP contribution in [0.1, 0.15) is 16.8 Å². The molecule has 0 spiro atoms. The number of hydrogen-bond donors (Lipinski definition) is 0. The largest absolute Gasteiger partial charge is 0.352 e. The van der Waals surface area contributed by atoms with Crippen LogP contribution in [0.25, 0.3) is 0 Å². The summed E-state index contributed by atoms with van der Waals surface area (Å²) in [6.07, 6.45) is 3.25. The van der Waals surface area contributed by atoms with Gasteiger partial charge in [0.25, 0.3) is 0 Å². The van der Waals surface area contributed by atoms with Crippen LogP contribution in [0.15, 0.2) is 96.2 Å². The first-order valence-electron chi connectivity index (χ1n) is 9.44. The molecule has 0 saturated heterocycles. The summed E-state index contributed by atoms with van der Waals surface area (Å²) in [6.45, 7) is 1.57. The molecule has 0 aliphatic carbocycles. The molecule has 0 aliphatic heterocycles. The average molecular weight is 383 g/mol. The summed E-state index contributed by atoms with van der Waals surface area (Å²) in [5, 5.41) is 0. The Balaban J connectivity index is 1.61. The van der Waals surface area contributed by atoms with Crippen LogP contribution >= 0.6 is 0 Å². The van der Waals surface area contributed by atoms with E-state index < -0.39 is 0 Å². The molecule has 4 rings (SSSR count). The molecule has 29 heavy (non-hydrogen) atoms. The van der Waals surface area contributed by atoms with Crippen LogP contribution in [-0.2, 0) is 19.6 Å². The molecule has 0 radical (unpaired) electrons. The van der Waals surface area contributed by atoms with Crippen LogP contribution in [0, 0.1) is 0 Å². The zero-order valence-electron chi connectivity index (χ0n) is 15.9. The second-order valence-corrected chi connectivity index (χ2v) is 6.72. The highest BCUT2D eigenvalue weighted by Gasteiger charge is 2.13. The van der Waals surface area contributed by atoms with Crippen LogP contribution in [0.3, 0.4) is 0 Å². The molecule has 2 aromatic carbocycles. The lowest BCUT2D eigenvalue weighted by molar-refractivity contribution is 0.665. The van der Waals surface area contributed by atoms with Crippen molar-refractivity contribution in [2.75, 3.05) is 4.90 Å². The molecule has 2 heterocycles. The fourth-order valence-corrected chi connectivity index (χ4v) is 3.08. The lowest BCUT2D eigenvalue weighted by Crippen LogP contribution is -2.31. The van der Waals surface area contributed by atoms with Crippen LogP contribution in [0.5, 0.6) is 0 Å². The first kappa shape index (κ1) is 18.6. The van der Waals surface area contributed by atoms with Gasteiger partial charge in [-0.25, -0.2) is 9.78 Å². The van der Waals surface area contributed by atoms with Crippen molar-refractivity contribution in [2.24, 2.45) is 0 Å². The quantitative estimate of drug-likeness (QED) is 0.490. The Morgan fingerprint density at radius 3 is 1.93 bits per heavy atom. The Hall–Kier alpha value is -3.80. The third kappa shape index (κ3) is 4.93. The minimum atomic E-state index is -0.341. The van der Waals surface area contributed by atoms with Gasteiger partial charge in [0.15, 0.2) is 0 Å². The minimum Gasteiger partial charge on any atom is -0.332 e. The molecule has 0 N–H and O–H groups in total. The predicted octanol–water partition coefficient (Wildman–Crippen LogP) is 3.29. The van der Waals surface area contributed by atoms with Crippen molar-refractivity contribution in [1.82, 2.24) is 19.5 Å². The molecule has 0 fully saturated rings. The SMILES string of the molecule is O=c1nc(N(Cc2ccccc2)Cc2ccccc2)ncn1Cc1ccccn1. The summed E-state index contributed by atoms with van der Waals surface area (Å²) < 4.78 is 1.47. The number of rotatable bonds is 7. The van der Waals surface area contributed by atoms with Gasteiger partial charge in [0.2, 0.25) is 5.95 Å². The summed E-state index contributed by atoms with van der Waals surface area (Å²) in [7, 11) is 0. The van der Waals surface area contributed by atoms with Gasteiger partial charge in [0.05, 0.1) is 12.2 Å². The van der Waals surface area contributed by atoms with Crippen LogP contribution in [0.2, 0.25) is 0 Å². The number of aromatic nitrogens is 4. The Kier molecular flexibility index (Phi) is 5.71. The summed E-state index contributed by atoms with van der Waals surface area (Å²) in [5.74, 6) is 0.417. The number of hydrogen-bond acceptors (Lipinski definition) is 5. The third-order valence-corrected chi connectivity index (χ3v) is 4.53. The van der Waals surface area contributed by atoms with E-state index in [0.717, 1.165) is 16.8 Å². The van der Waals surface area contributed by atoms with E-state index in [0.29, 0.717) is 25.6 Å². The van der Waals surface area contributed by atoms with Crippen molar-refractivity contribution in [3.63, 3.8) is 0 Å². The standard InChI is InChI=1S/C23H21N5O/c29-23-26-22(25-18-28(23)17-21-13-7-8-14-24-21)27(15-19-9-3-1-4-10-19)16-20-11-5-2-6-12-20/h1-14,18H,15-17H2. The van der Waals surface area contributed by atoms with E-state index in [1.54, 1.807) is 12.5 Å². The lowest BCUT2D eigenvalue weighted by Gasteiger charge is -2.23. The molecular formula is C23H21N5O. The smallest absolute Gasteiger partial charge is 0.332 e. The average Bonchev–Trinajstić information content (AvgIpc) is 2.77. The van der Waals surface area contributed by atoms with E-state index in [1.165, 1.54) is 4.57 Å². The first-order valence-corrected chi connectivity index (χ1v) is 9.44. The van der Waals surface area contributed by atoms with Gasteiger partial charge >= 0.3 is 5.69 Å². The van der Waals surface area contributed by atoms with Crippen LogP contribution in [0.4, 0.5) is 5.95 Å². The van der Waals surface area contributed by atoms with E-state index in [-0.39, 0.29) is 5.69 Å². The van der Waals surface area contributed by atoms with Gasteiger partial charge in [-0.3, -0.25) is 9.55 Å². The van der Waals surface area contributed by atoms with Crippen LogP contribution in [-0.4, -0.2) is 19.5 Å². The zero-order valence-corrected chi connectivity index (χ0v) is 15.9. The van der Waals surface area contributed by atoms with Gasteiger partial charge in [-0.15, -0.1) is 0 Å². The van der Waals surface area contributed by atoms with Crippen molar-refractivity contribution in [2.45, 2.75) is 19.6 Å². The van der Waals surface area contributed by atoms with Gasteiger partial charge in [-0.1, -0.05) is 66.7 Å². The van der Waals surface area contributed by atoms with Gasteiger partial charge in [-0.2, -0.15) is 4.98 Å². The Labute approximate surface area is 169 Å². The summed E-state index contributed by atoms with van der Waals surface area (Å²) in [5.41, 5.74) is 2.71. The first-order chi connectivity index (χ1) is 14.3. The Bertz CT molecular complexity index is 1060. The van der Waals surface area contributed by atoms with E-state index in [9.17, 15) is 4.79 Å². The second kappa shape index (κ2) is 8.93. The molecule has 4 aromatic rings. The fraction of sp³-hybridized carbons (Fsp3) is 0.130. The molecule has 0 atom stereocenters. The van der Waals surface area contributed by atoms with Crippen molar-refractivity contribution < 1.29 is 0 Å². The van der Waals surface area contributed by atoms with Gasteiger partial charge in [0, 0.05) is 19.3 Å². The summed E-state index contributed by atoms with van der Waals surface area (Å²) in [4.78, 5) is 27.6. The summed E-state index contributed by atoms with van der Waals surface area (Å²) in [6, 6.07) is 25.8. The van der Waals surface area contributed by atoms with Crippen molar-refractivity contribution in [3.05, 3.63) is 119 Å². The number of anilines is 1. The normalized spacial score (nSPS) is 10.6. The number of pyridine rings is 1. The highest BCUT2D eigenvalue weighted by atomic mass is 16.1. The third-order valence-electron chi connectivity index (χ3n) is 4.53. The molecule has 6 heteroatoms. The molecule has 0 bridgehead atoms. The van der Waals surface area contributed by atoms with E-state index in [2.05, 4.69) is 39.2 Å². The van der Waals surface area contributed by atoms with Gasteiger partial charge in [-0.05, 0) is 23.3 Å². The molecule has 144 valence electrons. The topological polar surface area (TPSA) is 63.9 Å². The Morgan fingerprint density at radius 2 is 1.38 bits per heavy atom. The maximum Gasteiger partial charge on any atom is 0.352 e. The molecule has 0 saturated carbocycles. The molecule has 2 aromatic heterocycles. The number of benzene rings is 2. The van der Waals surface area contributed by atoms with Gasteiger partial charge < -0.3 is 4.90 Å². The lowest BCUT2D eigenvalue weighted by atomic mass is 10.2. The summed E-state index contributed by atoms with van der Waals surface area (Å²) >= 11 is 0. The van der Waals surface area contributed by atoms with E-state index in [4.69, 9.17) is 0 Å². The molecule has 0 aliphatic rings. The molecule has 0 unspecified atom stereocenters. The van der Waals surface area contributed by atoms with Crippen molar-refractivity contribution in [1.29, 1.82) is 0 Å². The second-order valence-electron chi connectivity index (χ2n) is 6.72. The van der Waals surface area contributed by atoms with Crippen molar-refractivity contribution >= 4 is 5.95 Å². The van der Waals surface area contributed by atoms with Crippen LogP contribution < -0.4 is 10.6 Å². The number of nitrogens with zero attached hydrogens (tertiary/aromatic N) is 5. The van der Waals surface area contributed by atoms with E-state index in [1.807, 2.05) is 59.5 Å². The molecule has 0 amide bonds.